The molecule has 92 valence electrons. The molecule has 0 saturated heterocycles. The van der Waals surface area contributed by atoms with Crippen molar-refractivity contribution in [1.29, 1.82) is 0 Å². The molecule has 0 aliphatic carbocycles. The Labute approximate surface area is 108 Å². The minimum absolute atomic E-state index is 0.0800. The summed E-state index contributed by atoms with van der Waals surface area (Å²) in [7, 11) is -3.40. The van der Waals surface area contributed by atoms with E-state index in [-0.39, 0.29) is 10.1 Å². The van der Waals surface area contributed by atoms with Gasteiger partial charge in [0.05, 0.1) is 28.5 Å². The Balaban J connectivity index is 2.02. The van der Waals surface area contributed by atoms with Gasteiger partial charge in [-0.2, -0.15) is 0 Å². The number of nitrogens with zero attached hydrogens (tertiary/aromatic N) is 1. The molecule has 0 spiro atoms. The summed E-state index contributed by atoms with van der Waals surface area (Å²) in [5, 5.41) is 0. The maximum absolute atomic E-state index is 12.2. The lowest BCUT2D eigenvalue weighted by atomic mass is 10.3. The standard InChI is InChI=1S/C12H9NO3S2/c14-18(15,8-9-5-6-16-7-9)12-13-10-3-1-2-4-11(10)17-12/h1-7H,8H2. The van der Waals surface area contributed by atoms with Crippen LogP contribution in [0.4, 0.5) is 0 Å². The first-order valence-corrected chi connectivity index (χ1v) is 7.71. The van der Waals surface area contributed by atoms with Gasteiger partial charge in [-0.25, -0.2) is 13.4 Å². The van der Waals surface area contributed by atoms with E-state index in [0.29, 0.717) is 11.1 Å². The molecule has 4 nitrogen and oxygen atoms in total. The normalized spacial score (nSPS) is 12.0. The van der Waals surface area contributed by atoms with Crippen LogP contribution in [0.1, 0.15) is 5.56 Å². The quantitative estimate of drug-likeness (QED) is 0.739. The summed E-state index contributed by atoms with van der Waals surface area (Å²) in [5.41, 5.74) is 1.35. The van der Waals surface area contributed by atoms with Crippen molar-refractivity contribution in [3.05, 3.63) is 48.4 Å². The van der Waals surface area contributed by atoms with Crippen LogP contribution in [0.15, 0.2) is 51.6 Å². The Bertz CT molecular complexity index is 740. The van der Waals surface area contributed by atoms with Crippen LogP contribution in [0.25, 0.3) is 10.2 Å². The van der Waals surface area contributed by atoms with E-state index < -0.39 is 9.84 Å². The van der Waals surface area contributed by atoms with Crippen molar-refractivity contribution in [3.63, 3.8) is 0 Å². The van der Waals surface area contributed by atoms with Gasteiger partial charge in [0.2, 0.25) is 14.2 Å². The van der Waals surface area contributed by atoms with Crippen molar-refractivity contribution < 1.29 is 12.8 Å². The summed E-state index contributed by atoms with van der Waals surface area (Å²) in [5.74, 6) is -0.0800. The zero-order valence-electron chi connectivity index (χ0n) is 9.24. The Kier molecular flexibility index (Phi) is 2.68. The molecule has 6 heteroatoms. The summed E-state index contributed by atoms with van der Waals surface area (Å²) < 4.78 is 30.3. The number of thiazole rings is 1. The van der Waals surface area contributed by atoms with E-state index in [4.69, 9.17) is 4.42 Å². The predicted octanol–water partition coefficient (Wildman–Crippen LogP) is 2.86. The zero-order chi connectivity index (χ0) is 12.6. The minimum Gasteiger partial charge on any atom is -0.472 e. The van der Waals surface area contributed by atoms with Crippen LogP contribution >= 0.6 is 11.3 Å². The fourth-order valence-electron chi connectivity index (χ4n) is 1.64. The van der Waals surface area contributed by atoms with Gasteiger partial charge >= 0.3 is 0 Å². The van der Waals surface area contributed by atoms with E-state index >= 15 is 0 Å². The third-order valence-corrected chi connectivity index (χ3v) is 5.66. The van der Waals surface area contributed by atoms with Crippen LogP contribution in [-0.4, -0.2) is 13.4 Å². The third kappa shape index (κ3) is 2.04. The van der Waals surface area contributed by atoms with E-state index in [0.717, 1.165) is 4.70 Å². The molecule has 0 radical (unpaired) electrons. The Morgan fingerprint density at radius 2 is 2.06 bits per heavy atom. The number of rotatable bonds is 3. The Morgan fingerprint density at radius 3 is 2.78 bits per heavy atom. The fraction of sp³-hybridized carbons (Fsp3) is 0.0833. The topological polar surface area (TPSA) is 60.2 Å². The van der Waals surface area contributed by atoms with Gasteiger partial charge in [-0.05, 0) is 18.2 Å². The predicted molar refractivity (Wildman–Crippen MR) is 69.2 cm³/mol. The largest absolute Gasteiger partial charge is 0.472 e. The van der Waals surface area contributed by atoms with Gasteiger partial charge in [0.1, 0.15) is 0 Å². The lowest BCUT2D eigenvalue weighted by Gasteiger charge is -1.96. The van der Waals surface area contributed by atoms with Crippen LogP contribution in [-0.2, 0) is 15.6 Å². The van der Waals surface area contributed by atoms with Crippen LogP contribution in [0, 0.1) is 0 Å². The van der Waals surface area contributed by atoms with Gasteiger partial charge in [0.25, 0.3) is 0 Å². The second-order valence-electron chi connectivity index (χ2n) is 3.84. The molecule has 3 rings (SSSR count). The molecule has 0 aliphatic heterocycles. The molecule has 2 heterocycles. The number of benzene rings is 1. The van der Waals surface area contributed by atoms with E-state index in [2.05, 4.69) is 4.98 Å². The molecule has 0 unspecified atom stereocenters. The summed E-state index contributed by atoms with van der Waals surface area (Å²) in [6.07, 6.45) is 2.90. The van der Waals surface area contributed by atoms with E-state index in [1.165, 1.54) is 23.9 Å². The van der Waals surface area contributed by atoms with Crippen molar-refractivity contribution in [2.24, 2.45) is 0 Å². The van der Waals surface area contributed by atoms with Crippen molar-refractivity contribution in [1.82, 2.24) is 4.98 Å². The van der Waals surface area contributed by atoms with E-state index in [1.807, 2.05) is 24.3 Å². The molecule has 3 aromatic rings. The van der Waals surface area contributed by atoms with Crippen LogP contribution in [0.2, 0.25) is 0 Å². The summed E-state index contributed by atoms with van der Waals surface area (Å²) >= 11 is 1.20. The maximum Gasteiger partial charge on any atom is 0.210 e. The van der Waals surface area contributed by atoms with Gasteiger partial charge in [-0.15, -0.1) is 11.3 Å². The highest BCUT2D eigenvalue weighted by Gasteiger charge is 2.20. The third-order valence-electron chi connectivity index (χ3n) is 2.48. The zero-order valence-corrected chi connectivity index (χ0v) is 10.9. The second kappa shape index (κ2) is 4.22. The highest BCUT2D eigenvalue weighted by Crippen LogP contribution is 2.27. The van der Waals surface area contributed by atoms with Crippen molar-refractivity contribution >= 4 is 31.4 Å². The average Bonchev–Trinajstić information content (AvgIpc) is 2.96. The molecule has 0 N–H and O–H groups in total. The average molecular weight is 279 g/mol. The molecular weight excluding hydrogens is 270 g/mol. The van der Waals surface area contributed by atoms with Gasteiger partial charge < -0.3 is 4.42 Å². The molecule has 0 fully saturated rings. The number of fused-ring (bicyclic) bond motifs is 1. The molecule has 2 aromatic heterocycles. The molecule has 0 saturated carbocycles. The lowest BCUT2D eigenvalue weighted by Crippen LogP contribution is -2.03. The molecule has 0 atom stereocenters. The van der Waals surface area contributed by atoms with E-state index in [1.54, 1.807) is 6.07 Å². The lowest BCUT2D eigenvalue weighted by molar-refractivity contribution is 0.563. The SMILES string of the molecule is O=S(=O)(Cc1ccoc1)c1nc2ccccc2s1. The monoisotopic (exact) mass is 279 g/mol. The molecule has 0 aliphatic rings. The fourth-order valence-corrected chi connectivity index (χ4v) is 4.25. The highest BCUT2D eigenvalue weighted by atomic mass is 32.2. The number of aromatic nitrogens is 1. The second-order valence-corrected chi connectivity index (χ2v) is 7.03. The summed E-state index contributed by atoms with van der Waals surface area (Å²) in [6.45, 7) is 0. The maximum atomic E-state index is 12.2. The van der Waals surface area contributed by atoms with Crippen molar-refractivity contribution in [3.8, 4) is 0 Å². The first-order chi connectivity index (χ1) is 8.65. The molecule has 18 heavy (non-hydrogen) atoms. The van der Waals surface area contributed by atoms with Gasteiger partial charge in [-0.1, -0.05) is 12.1 Å². The Morgan fingerprint density at radius 1 is 1.22 bits per heavy atom. The van der Waals surface area contributed by atoms with E-state index in [9.17, 15) is 8.42 Å². The van der Waals surface area contributed by atoms with Gasteiger partial charge in [-0.3, -0.25) is 0 Å². The molecule has 0 amide bonds. The molecule has 0 bridgehead atoms. The smallest absolute Gasteiger partial charge is 0.210 e. The van der Waals surface area contributed by atoms with Gasteiger partial charge in [0, 0.05) is 5.56 Å². The number of furan rings is 1. The van der Waals surface area contributed by atoms with Crippen molar-refractivity contribution in [2.75, 3.05) is 0 Å². The first-order valence-electron chi connectivity index (χ1n) is 5.24. The molecular formula is C12H9NO3S2. The van der Waals surface area contributed by atoms with Crippen molar-refractivity contribution in [2.45, 2.75) is 10.1 Å². The number of hydrogen-bond acceptors (Lipinski definition) is 5. The van der Waals surface area contributed by atoms with Gasteiger partial charge in [0.15, 0.2) is 0 Å². The van der Waals surface area contributed by atoms with Crippen LogP contribution in [0.3, 0.4) is 0 Å². The number of hydrogen-bond donors (Lipinski definition) is 0. The highest BCUT2D eigenvalue weighted by molar-refractivity contribution is 7.92. The summed E-state index contributed by atoms with van der Waals surface area (Å²) in [4.78, 5) is 4.16. The number of para-hydroxylation sites is 1. The molecule has 1 aromatic carbocycles. The minimum atomic E-state index is -3.40. The summed E-state index contributed by atoms with van der Waals surface area (Å²) in [6, 6.07) is 9.03. The Hall–Kier alpha value is -1.66. The first kappa shape index (κ1) is 11.4. The van der Waals surface area contributed by atoms with Crippen LogP contribution < -0.4 is 0 Å². The van der Waals surface area contributed by atoms with Crippen LogP contribution in [0.5, 0.6) is 0 Å². The number of sulfone groups is 1.